The Morgan fingerprint density at radius 2 is 1.92 bits per heavy atom. The fraction of sp³-hybridized carbons (Fsp3) is 0.632. The molecule has 1 aliphatic heterocycles. The van der Waals surface area contributed by atoms with Crippen LogP contribution >= 0.6 is 0 Å². The number of amides is 3. The number of nitrogens with one attached hydrogen (secondary N) is 1. The molecule has 0 radical (unpaired) electrons. The molecule has 26 heavy (non-hydrogen) atoms. The summed E-state index contributed by atoms with van der Waals surface area (Å²) < 4.78 is 0. The van der Waals surface area contributed by atoms with Crippen molar-refractivity contribution in [3.05, 3.63) is 24.0 Å². The summed E-state index contributed by atoms with van der Waals surface area (Å²) in [6, 6.07) is 3.42. The number of aryl methyl sites for hydroxylation is 1. The van der Waals surface area contributed by atoms with Gasteiger partial charge in [0.25, 0.3) is 0 Å². The summed E-state index contributed by atoms with van der Waals surface area (Å²) in [6.07, 6.45) is 2.71. The number of hydrogen-bond acceptors (Lipinski definition) is 4. The first-order chi connectivity index (χ1) is 12.3. The summed E-state index contributed by atoms with van der Waals surface area (Å²) in [5, 5.41) is 2.93. The average Bonchev–Trinajstić information content (AvgIpc) is 2.84. The molecule has 144 valence electrons. The SMILES string of the molecule is Cc1cc(N2CCCN(C(=O)NC(C(=O)N(C)C)C(C)C)CC2)ccn1. The van der Waals surface area contributed by atoms with Crippen molar-refractivity contribution in [3.8, 4) is 0 Å². The van der Waals surface area contributed by atoms with Crippen molar-refractivity contribution in [2.24, 2.45) is 5.92 Å². The van der Waals surface area contributed by atoms with Gasteiger partial charge in [-0.15, -0.1) is 0 Å². The minimum absolute atomic E-state index is 0.0390. The van der Waals surface area contributed by atoms with Crippen molar-refractivity contribution in [2.75, 3.05) is 45.2 Å². The number of anilines is 1. The van der Waals surface area contributed by atoms with Gasteiger partial charge in [-0.2, -0.15) is 0 Å². The second kappa shape index (κ2) is 8.87. The lowest BCUT2D eigenvalue weighted by Crippen LogP contribution is -2.53. The molecule has 1 aliphatic rings. The highest BCUT2D eigenvalue weighted by atomic mass is 16.2. The standard InChI is InChI=1S/C19H31N5O2/c1-14(2)17(18(25)22(4)5)21-19(26)24-10-6-9-23(11-12-24)16-7-8-20-15(3)13-16/h7-8,13-14,17H,6,9-12H2,1-5H3,(H,21,26). The Balaban J connectivity index is 1.99. The van der Waals surface area contributed by atoms with Gasteiger partial charge in [0.15, 0.2) is 0 Å². The van der Waals surface area contributed by atoms with Crippen LogP contribution in [0.4, 0.5) is 10.5 Å². The number of hydrogen-bond donors (Lipinski definition) is 1. The molecular formula is C19H31N5O2. The molecule has 7 nitrogen and oxygen atoms in total. The molecule has 1 saturated heterocycles. The molecule has 1 N–H and O–H groups in total. The minimum Gasteiger partial charge on any atom is -0.370 e. The lowest BCUT2D eigenvalue weighted by Gasteiger charge is -2.28. The average molecular weight is 361 g/mol. The Kier molecular flexibility index (Phi) is 6.83. The summed E-state index contributed by atoms with van der Waals surface area (Å²) in [4.78, 5) is 34.9. The second-order valence-corrected chi connectivity index (χ2v) is 7.39. The number of aromatic nitrogens is 1. The molecule has 1 unspecified atom stereocenters. The van der Waals surface area contributed by atoms with Crippen LogP contribution in [0.25, 0.3) is 0 Å². The first-order valence-corrected chi connectivity index (χ1v) is 9.23. The monoisotopic (exact) mass is 361 g/mol. The molecule has 7 heteroatoms. The Morgan fingerprint density at radius 1 is 1.19 bits per heavy atom. The third-order valence-corrected chi connectivity index (χ3v) is 4.68. The van der Waals surface area contributed by atoms with Crippen LogP contribution in [-0.2, 0) is 4.79 Å². The molecule has 0 aromatic carbocycles. The number of carbonyl (C=O) groups is 2. The normalized spacial score (nSPS) is 16.2. The summed E-state index contributed by atoms with van der Waals surface area (Å²) in [6.45, 7) is 8.86. The molecule has 1 fully saturated rings. The van der Waals surface area contributed by atoms with Gasteiger partial charge in [0.05, 0.1) is 0 Å². The summed E-state index contributed by atoms with van der Waals surface area (Å²) in [5.41, 5.74) is 2.13. The van der Waals surface area contributed by atoms with Crippen LogP contribution in [0.2, 0.25) is 0 Å². The number of nitrogens with zero attached hydrogens (tertiary/aromatic N) is 4. The van der Waals surface area contributed by atoms with Crippen molar-refractivity contribution in [1.29, 1.82) is 0 Å². The largest absolute Gasteiger partial charge is 0.370 e. The third-order valence-electron chi connectivity index (χ3n) is 4.68. The van der Waals surface area contributed by atoms with Gasteiger partial charge in [0.1, 0.15) is 6.04 Å². The lowest BCUT2D eigenvalue weighted by atomic mass is 10.0. The van der Waals surface area contributed by atoms with E-state index in [1.54, 1.807) is 14.1 Å². The molecule has 2 rings (SSSR count). The first-order valence-electron chi connectivity index (χ1n) is 9.23. The number of pyridine rings is 1. The number of rotatable bonds is 4. The van der Waals surface area contributed by atoms with Gasteiger partial charge in [0, 0.05) is 57.9 Å². The van der Waals surface area contributed by atoms with Crippen LogP contribution in [0.3, 0.4) is 0 Å². The zero-order chi connectivity index (χ0) is 19.3. The predicted octanol–water partition coefficient (Wildman–Crippen LogP) is 1.72. The molecular weight excluding hydrogens is 330 g/mol. The molecule has 1 atom stereocenters. The molecule has 3 amide bonds. The highest BCUT2D eigenvalue weighted by molar-refractivity contribution is 5.87. The van der Waals surface area contributed by atoms with E-state index in [0.29, 0.717) is 13.1 Å². The van der Waals surface area contributed by atoms with E-state index in [2.05, 4.69) is 21.3 Å². The van der Waals surface area contributed by atoms with Crippen molar-refractivity contribution in [1.82, 2.24) is 20.1 Å². The maximum atomic E-state index is 12.7. The fourth-order valence-corrected chi connectivity index (χ4v) is 3.12. The first kappa shape index (κ1) is 20.0. The number of urea groups is 1. The molecule has 0 aliphatic carbocycles. The zero-order valence-corrected chi connectivity index (χ0v) is 16.5. The highest BCUT2D eigenvalue weighted by Crippen LogP contribution is 2.17. The van der Waals surface area contributed by atoms with Gasteiger partial charge in [-0.05, 0) is 31.4 Å². The summed E-state index contributed by atoms with van der Waals surface area (Å²) >= 11 is 0. The van der Waals surface area contributed by atoms with E-state index >= 15 is 0 Å². The van der Waals surface area contributed by atoms with E-state index in [0.717, 1.165) is 30.9 Å². The van der Waals surface area contributed by atoms with Crippen LogP contribution in [-0.4, -0.2) is 73.0 Å². The van der Waals surface area contributed by atoms with E-state index in [1.807, 2.05) is 37.9 Å². The van der Waals surface area contributed by atoms with Gasteiger partial charge in [-0.3, -0.25) is 9.78 Å². The number of carbonyl (C=O) groups excluding carboxylic acids is 2. The Labute approximate surface area is 156 Å². The molecule has 0 saturated carbocycles. The maximum Gasteiger partial charge on any atom is 0.318 e. The van der Waals surface area contributed by atoms with Crippen LogP contribution < -0.4 is 10.2 Å². The van der Waals surface area contributed by atoms with Crippen molar-refractivity contribution in [3.63, 3.8) is 0 Å². The Bertz CT molecular complexity index is 632. The van der Waals surface area contributed by atoms with Crippen LogP contribution in [0.5, 0.6) is 0 Å². The van der Waals surface area contributed by atoms with Crippen molar-refractivity contribution >= 4 is 17.6 Å². The molecule has 0 bridgehead atoms. The highest BCUT2D eigenvalue weighted by Gasteiger charge is 2.28. The van der Waals surface area contributed by atoms with Gasteiger partial charge in [-0.1, -0.05) is 13.8 Å². The van der Waals surface area contributed by atoms with E-state index in [1.165, 1.54) is 4.90 Å². The zero-order valence-electron chi connectivity index (χ0n) is 16.5. The maximum absolute atomic E-state index is 12.7. The minimum atomic E-state index is -0.500. The fourth-order valence-electron chi connectivity index (χ4n) is 3.12. The molecule has 2 heterocycles. The van der Waals surface area contributed by atoms with Crippen LogP contribution in [0, 0.1) is 12.8 Å². The molecule has 0 spiro atoms. The third kappa shape index (κ3) is 5.09. The topological polar surface area (TPSA) is 68.8 Å². The second-order valence-electron chi connectivity index (χ2n) is 7.39. The molecule has 1 aromatic heterocycles. The van der Waals surface area contributed by atoms with Gasteiger partial charge < -0.3 is 20.0 Å². The van der Waals surface area contributed by atoms with Crippen molar-refractivity contribution in [2.45, 2.75) is 33.2 Å². The quantitative estimate of drug-likeness (QED) is 0.887. The summed E-state index contributed by atoms with van der Waals surface area (Å²) in [7, 11) is 3.43. The van der Waals surface area contributed by atoms with Crippen LogP contribution in [0.15, 0.2) is 18.3 Å². The smallest absolute Gasteiger partial charge is 0.318 e. The lowest BCUT2D eigenvalue weighted by molar-refractivity contribution is -0.131. The van der Waals surface area contributed by atoms with E-state index in [4.69, 9.17) is 0 Å². The van der Waals surface area contributed by atoms with E-state index in [9.17, 15) is 9.59 Å². The predicted molar refractivity (Wildman–Crippen MR) is 103 cm³/mol. The van der Waals surface area contributed by atoms with E-state index < -0.39 is 6.04 Å². The molecule has 1 aromatic rings. The van der Waals surface area contributed by atoms with Gasteiger partial charge in [-0.25, -0.2) is 4.79 Å². The van der Waals surface area contributed by atoms with Gasteiger partial charge in [0.2, 0.25) is 5.91 Å². The van der Waals surface area contributed by atoms with Gasteiger partial charge >= 0.3 is 6.03 Å². The van der Waals surface area contributed by atoms with E-state index in [-0.39, 0.29) is 17.9 Å². The van der Waals surface area contributed by atoms with Crippen molar-refractivity contribution < 1.29 is 9.59 Å². The summed E-state index contributed by atoms with van der Waals surface area (Å²) in [5.74, 6) is -0.0332. The Hall–Kier alpha value is -2.31. The number of likely N-dealkylation sites (N-methyl/N-ethyl adjacent to an activating group) is 1. The van der Waals surface area contributed by atoms with Crippen LogP contribution in [0.1, 0.15) is 26.0 Å². The Morgan fingerprint density at radius 3 is 2.54 bits per heavy atom.